The van der Waals surface area contributed by atoms with Crippen LogP contribution in [0.25, 0.3) is 23.3 Å². The maximum absolute atomic E-state index is 13.3. The Morgan fingerprint density at radius 3 is 2.14 bits per heavy atom. The lowest BCUT2D eigenvalue weighted by Gasteiger charge is -2.47. The number of ether oxygens (including phenoxy) is 4. The van der Waals surface area contributed by atoms with Gasteiger partial charge in [0.2, 0.25) is 0 Å². The molecule has 2 aromatic rings. The van der Waals surface area contributed by atoms with Gasteiger partial charge in [0, 0.05) is 63.3 Å². The van der Waals surface area contributed by atoms with Gasteiger partial charge in [0.05, 0.1) is 38.5 Å². The van der Waals surface area contributed by atoms with Gasteiger partial charge < -0.3 is 33.7 Å². The highest BCUT2D eigenvalue weighted by Gasteiger charge is 2.42. The van der Waals surface area contributed by atoms with Crippen LogP contribution in [0, 0.1) is 0 Å². The van der Waals surface area contributed by atoms with Gasteiger partial charge in [-0.15, -0.1) is 0 Å². The van der Waals surface area contributed by atoms with Crippen LogP contribution >= 0.6 is 0 Å². The molecule has 50 heavy (non-hydrogen) atoms. The van der Waals surface area contributed by atoms with Gasteiger partial charge in [-0.05, 0) is 76.3 Å². The molecule has 0 atom stereocenters. The van der Waals surface area contributed by atoms with E-state index in [0.29, 0.717) is 31.8 Å². The molecular formula is C40H64N4O6. The summed E-state index contributed by atoms with van der Waals surface area (Å²) in [6.45, 7) is 21.5. The average molecular weight is 697 g/mol. The Bertz CT molecular complexity index is 1490. The number of carbonyl (C=O) groups is 1. The smallest absolute Gasteiger partial charge is 0.410 e. The number of aryl methyl sites for hydroxylation is 1. The predicted octanol–water partition coefficient (Wildman–Crippen LogP) is 7.73. The molecule has 0 saturated carbocycles. The second-order valence-electron chi connectivity index (χ2n) is 13.2. The molecule has 0 unspecified atom stereocenters. The van der Waals surface area contributed by atoms with Crippen LogP contribution in [-0.4, -0.2) is 85.7 Å². The molecule has 280 valence electrons. The van der Waals surface area contributed by atoms with E-state index in [1.165, 1.54) is 0 Å². The molecule has 1 N–H and O–H groups in total. The fourth-order valence-electron chi connectivity index (χ4n) is 6.11. The first kappa shape index (κ1) is 42.4. The van der Waals surface area contributed by atoms with Crippen molar-refractivity contribution in [1.29, 1.82) is 0 Å². The summed E-state index contributed by atoms with van der Waals surface area (Å²) in [6.07, 6.45) is 10.1. The Labute approximate surface area is 301 Å². The van der Waals surface area contributed by atoms with E-state index in [9.17, 15) is 9.59 Å². The summed E-state index contributed by atoms with van der Waals surface area (Å²) in [5.74, 6) is 1.45. The van der Waals surface area contributed by atoms with E-state index in [4.69, 9.17) is 18.9 Å². The normalized spacial score (nSPS) is 16.3. The number of nitrogens with one attached hydrogen (secondary N) is 1. The highest BCUT2D eigenvalue weighted by atomic mass is 16.6. The van der Waals surface area contributed by atoms with Crippen molar-refractivity contribution in [2.75, 3.05) is 54.1 Å². The largest absolute Gasteiger partial charge is 0.496 e. The number of methoxy groups -OCH3 is 2. The first-order valence-electron chi connectivity index (χ1n) is 18.2. The van der Waals surface area contributed by atoms with Gasteiger partial charge in [0.1, 0.15) is 17.1 Å². The molecule has 2 saturated heterocycles. The molecule has 3 heterocycles. The third kappa shape index (κ3) is 10.9. The van der Waals surface area contributed by atoms with Crippen LogP contribution in [0.4, 0.5) is 4.79 Å². The van der Waals surface area contributed by atoms with Gasteiger partial charge in [-0.3, -0.25) is 9.69 Å². The SMILES string of the molecule is CC.CC.CC/C=C/c1c(-c2cc(OC)c(CN3CCC4(CC3)CN(C(=O)OC(C)(C)C)CCO4)c(OC)c2)cn(C)c(=O)c1/C=C(\C)NC. The molecule has 10 nitrogen and oxygen atoms in total. The van der Waals surface area contributed by atoms with Gasteiger partial charge in [-0.25, -0.2) is 4.79 Å². The number of hydrogen-bond donors (Lipinski definition) is 1. The highest BCUT2D eigenvalue weighted by molar-refractivity contribution is 5.82. The van der Waals surface area contributed by atoms with E-state index in [1.54, 1.807) is 30.7 Å². The molecule has 2 aliphatic rings. The minimum absolute atomic E-state index is 0.0660. The van der Waals surface area contributed by atoms with Crippen molar-refractivity contribution in [3.63, 3.8) is 0 Å². The highest BCUT2D eigenvalue weighted by Crippen LogP contribution is 2.39. The maximum Gasteiger partial charge on any atom is 0.410 e. The fraction of sp³-hybridized carbons (Fsp3) is 0.600. The Morgan fingerprint density at radius 1 is 1.02 bits per heavy atom. The van der Waals surface area contributed by atoms with Gasteiger partial charge in [0.25, 0.3) is 5.56 Å². The van der Waals surface area contributed by atoms with E-state index < -0.39 is 5.60 Å². The number of aromatic nitrogens is 1. The van der Waals surface area contributed by atoms with Crippen LogP contribution in [0.15, 0.2) is 34.9 Å². The molecule has 1 aromatic heterocycles. The lowest BCUT2D eigenvalue weighted by Crippen LogP contribution is -2.58. The fourth-order valence-corrected chi connectivity index (χ4v) is 6.11. The van der Waals surface area contributed by atoms with Crippen molar-refractivity contribution in [3.8, 4) is 22.6 Å². The number of piperidine rings is 1. The van der Waals surface area contributed by atoms with Gasteiger partial charge in [-0.2, -0.15) is 0 Å². The number of allylic oxidation sites excluding steroid dienone is 2. The molecule has 10 heteroatoms. The summed E-state index contributed by atoms with van der Waals surface area (Å²) in [5, 5.41) is 3.13. The quantitative estimate of drug-likeness (QED) is 0.285. The average Bonchev–Trinajstić information content (AvgIpc) is 3.11. The van der Waals surface area contributed by atoms with Crippen LogP contribution in [0.1, 0.15) is 98.3 Å². The number of benzene rings is 1. The predicted molar refractivity (Wildman–Crippen MR) is 206 cm³/mol. The van der Waals surface area contributed by atoms with E-state index in [1.807, 2.05) is 92.9 Å². The minimum atomic E-state index is -0.532. The van der Waals surface area contributed by atoms with Crippen molar-refractivity contribution < 1.29 is 23.7 Å². The number of hydrogen-bond acceptors (Lipinski definition) is 8. The Kier molecular flexibility index (Phi) is 16.6. The zero-order valence-electron chi connectivity index (χ0n) is 33.1. The molecule has 0 bridgehead atoms. The monoisotopic (exact) mass is 696 g/mol. The number of amides is 1. The van der Waals surface area contributed by atoms with Crippen molar-refractivity contribution in [2.24, 2.45) is 7.05 Å². The van der Waals surface area contributed by atoms with Crippen LogP contribution in [-0.2, 0) is 23.1 Å². The molecule has 1 amide bonds. The third-order valence-electron chi connectivity index (χ3n) is 8.70. The van der Waals surface area contributed by atoms with E-state index in [2.05, 4.69) is 23.2 Å². The maximum atomic E-state index is 13.3. The molecule has 1 spiro atoms. The standard InChI is InChI=1S/C36H52N4O6.2C2H6/c1-10-11-12-27-28(19-25(2)37-6)33(41)38(7)22-29(27)26-20-31(43-8)30(32(21-26)44-9)23-39-15-13-36(14-16-39)24-40(17-18-45-36)34(42)46-35(3,4)5;2*1-2/h11-12,19-22,37H,10,13-18,23-24H2,1-9H3;2*1-2H3/b12-11+,25-19+;;. The lowest BCUT2D eigenvalue weighted by molar-refractivity contribution is -0.134. The second kappa shape index (κ2) is 19.6. The van der Waals surface area contributed by atoms with E-state index in [0.717, 1.165) is 71.8 Å². The van der Waals surface area contributed by atoms with Crippen molar-refractivity contribution in [3.05, 3.63) is 57.1 Å². The molecule has 2 aliphatic heterocycles. The lowest BCUT2D eigenvalue weighted by atomic mass is 9.89. The molecule has 1 aromatic carbocycles. The Hall–Kier alpha value is -3.76. The van der Waals surface area contributed by atoms with E-state index in [-0.39, 0.29) is 17.3 Å². The molecule has 0 aliphatic carbocycles. The molecule has 4 rings (SSSR count). The number of carbonyl (C=O) groups excluding carboxylic acids is 1. The minimum Gasteiger partial charge on any atom is -0.496 e. The first-order chi connectivity index (χ1) is 23.8. The first-order valence-corrected chi connectivity index (χ1v) is 18.2. The van der Waals surface area contributed by atoms with E-state index >= 15 is 0 Å². The topological polar surface area (TPSA) is 94.5 Å². The molecular weight excluding hydrogens is 632 g/mol. The Morgan fingerprint density at radius 2 is 1.62 bits per heavy atom. The summed E-state index contributed by atoms with van der Waals surface area (Å²) in [4.78, 5) is 30.3. The Balaban J connectivity index is 0.00000209. The molecule has 0 radical (unpaired) electrons. The summed E-state index contributed by atoms with van der Waals surface area (Å²) >= 11 is 0. The van der Waals surface area contributed by atoms with Gasteiger partial charge in [-0.1, -0.05) is 46.8 Å². The van der Waals surface area contributed by atoms with Crippen molar-refractivity contribution in [2.45, 2.75) is 99.3 Å². The van der Waals surface area contributed by atoms with Gasteiger partial charge >= 0.3 is 6.09 Å². The summed E-state index contributed by atoms with van der Waals surface area (Å²) in [6, 6.07) is 4.07. The summed E-state index contributed by atoms with van der Waals surface area (Å²) in [7, 11) is 6.98. The van der Waals surface area contributed by atoms with Crippen molar-refractivity contribution in [1.82, 2.24) is 19.7 Å². The van der Waals surface area contributed by atoms with Crippen LogP contribution < -0.4 is 20.3 Å². The summed E-state index contributed by atoms with van der Waals surface area (Å²) in [5.41, 5.74) is 4.18. The van der Waals surface area contributed by atoms with Gasteiger partial charge in [0.15, 0.2) is 0 Å². The number of nitrogens with zero attached hydrogens (tertiary/aromatic N) is 3. The van der Waals surface area contributed by atoms with Crippen LogP contribution in [0.5, 0.6) is 11.5 Å². The number of morpholine rings is 1. The number of pyridine rings is 1. The van der Waals surface area contributed by atoms with Crippen molar-refractivity contribution >= 4 is 18.2 Å². The number of rotatable bonds is 9. The zero-order chi connectivity index (χ0) is 37.6. The number of likely N-dealkylation sites (tertiary alicyclic amines) is 1. The van der Waals surface area contributed by atoms with Crippen LogP contribution in [0.2, 0.25) is 0 Å². The molecule has 2 fully saturated rings. The second-order valence-corrected chi connectivity index (χ2v) is 13.2. The summed E-state index contributed by atoms with van der Waals surface area (Å²) < 4.78 is 25.5. The van der Waals surface area contributed by atoms with Crippen LogP contribution in [0.3, 0.4) is 0 Å². The third-order valence-corrected chi connectivity index (χ3v) is 8.70. The zero-order valence-corrected chi connectivity index (χ0v) is 33.1.